The molecule has 0 aliphatic heterocycles. The van der Waals surface area contributed by atoms with Gasteiger partial charge in [0.1, 0.15) is 0 Å². The van der Waals surface area contributed by atoms with Crippen molar-refractivity contribution in [2.24, 2.45) is 11.8 Å². The van der Waals surface area contributed by atoms with Crippen LogP contribution in [0.15, 0.2) is 0 Å². The Labute approximate surface area is 117 Å². The van der Waals surface area contributed by atoms with Crippen LogP contribution in [0.3, 0.4) is 0 Å². The molecule has 0 saturated heterocycles. The van der Waals surface area contributed by atoms with Crippen molar-refractivity contribution < 1.29 is 10.2 Å². The molecule has 0 aromatic carbocycles. The quantitative estimate of drug-likeness (QED) is 0.541. The zero-order valence-corrected chi connectivity index (χ0v) is 13.7. The van der Waals surface area contributed by atoms with Gasteiger partial charge in [-0.1, -0.05) is 39.5 Å². The zero-order chi connectivity index (χ0) is 14.1. The van der Waals surface area contributed by atoms with E-state index in [1.807, 2.05) is 27.7 Å². The molecule has 0 aromatic rings. The van der Waals surface area contributed by atoms with Crippen molar-refractivity contribution in [1.82, 2.24) is 0 Å². The van der Waals surface area contributed by atoms with Gasteiger partial charge in [-0.3, -0.25) is 0 Å². The first-order chi connectivity index (χ1) is 7.95. The van der Waals surface area contributed by atoms with Crippen LogP contribution in [-0.2, 0) is 0 Å². The third-order valence-electron chi connectivity index (χ3n) is 1.72. The van der Waals surface area contributed by atoms with Gasteiger partial charge in [-0.25, -0.2) is 0 Å². The topological polar surface area (TPSA) is 46.1 Å². The van der Waals surface area contributed by atoms with Crippen molar-refractivity contribution in [2.45, 2.75) is 65.6 Å². The van der Waals surface area contributed by atoms with Gasteiger partial charge < -0.3 is 10.2 Å². The Hall–Kier alpha value is 0.452. The molecule has 0 rings (SSSR count). The van der Waals surface area contributed by atoms with E-state index in [2.05, 4.69) is 23.2 Å². The summed E-state index contributed by atoms with van der Waals surface area (Å²) in [5.74, 6) is 0.657. The molecule has 0 aliphatic rings. The Morgan fingerprint density at radius 2 is 1.18 bits per heavy atom. The van der Waals surface area contributed by atoms with Crippen molar-refractivity contribution in [2.75, 3.05) is 13.2 Å². The minimum atomic E-state index is 0.0556. The second-order valence-electron chi connectivity index (χ2n) is 4.97. The summed E-state index contributed by atoms with van der Waals surface area (Å²) in [6, 6.07) is 0. The Bertz CT molecular complexity index is 94.4. The fourth-order valence-corrected chi connectivity index (χ4v) is 0.860. The summed E-state index contributed by atoms with van der Waals surface area (Å²) in [4.78, 5) is 0. The van der Waals surface area contributed by atoms with Gasteiger partial charge in [0.05, 0.1) is 0 Å². The molecule has 102 valence electrons. The Morgan fingerprint density at radius 1 is 0.824 bits per heavy atom. The Morgan fingerprint density at radius 3 is 1.35 bits per heavy atom. The molecule has 0 radical (unpaired) electrons. The summed E-state index contributed by atoms with van der Waals surface area (Å²) in [5, 5.41) is 20.5. The standard InChI is InChI=1S/C6H13.2C4H9O.Al/c1-3-5-6-4-2;2*1-4(2)3-5;/h1,3-6H2,2H3;2*4H,3H2,1-2H3;/q;2*-1;+2. The normalized spacial score (nSPS) is 9.59. The van der Waals surface area contributed by atoms with Crippen LogP contribution in [0.4, 0.5) is 0 Å². The number of unbranched alkanes of at least 4 members (excludes halogenated alkanes) is 3. The third kappa shape index (κ3) is 48.1. The molecule has 0 aliphatic carbocycles. The van der Waals surface area contributed by atoms with Crippen molar-refractivity contribution >= 4 is 16.3 Å². The van der Waals surface area contributed by atoms with Crippen LogP contribution in [0.5, 0.6) is 0 Å². The first-order valence-corrected chi connectivity index (χ1v) is 7.64. The van der Waals surface area contributed by atoms with Gasteiger partial charge in [0.2, 0.25) is 0 Å². The van der Waals surface area contributed by atoms with Crippen LogP contribution in [0, 0.1) is 11.8 Å². The molecule has 0 fully saturated rings. The van der Waals surface area contributed by atoms with Gasteiger partial charge in [-0.15, -0.1) is 13.2 Å². The SMILES string of the molecule is CC(C)C[O-].CC(C)C[O-].CCCCC[CH2][Al+2]. The van der Waals surface area contributed by atoms with E-state index in [9.17, 15) is 10.2 Å². The molecule has 17 heavy (non-hydrogen) atoms. The molecular formula is C14H31AlO2. The second-order valence-corrected chi connectivity index (χ2v) is 5.55. The molecule has 0 heterocycles. The first kappa shape index (κ1) is 22.6. The summed E-state index contributed by atoms with van der Waals surface area (Å²) in [6.07, 6.45) is 5.57. The van der Waals surface area contributed by atoms with Gasteiger partial charge in [-0.2, -0.15) is 0 Å². The molecule has 0 bridgehead atoms. The van der Waals surface area contributed by atoms with Crippen LogP contribution in [0.25, 0.3) is 0 Å². The van der Waals surface area contributed by atoms with Crippen LogP contribution in [0.2, 0.25) is 5.28 Å². The molecule has 0 amide bonds. The predicted octanol–water partition coefficient (Wildman–Crippen LogP) is 2.16. The Kier molecular flexibility index (Phi) is 28.9. The van der Waals surface area contributed by atoms with Gasteiger partial charge in [0.15, 0.2) is 0 Å². The molecule has 2 nitrogen and oxygen atoms in total. The average molecular weight is 258 g/mol. The van der Waals surface area contributed by atoms with Crippen molar-refractivity contribution in [3.05, 3.63) is 0 Å². The number of rotatable bonds is 6. The van der Waals surface area contributed by atoms with Crippen molar-refractivity contribution in [3.8, 4) is 0 Å². The zero-order valence-electron chi connectivity index (χ0n) is 12.5. The summed E-state index contributed by atoms with van der Waals surface area (Å²) < 4.78 is 0. The van der Waals surface area contributed by atoms with E-state index in [-0.39, 0.29) is 13.2 Å². The minimum absolute atomic E-state index is 0.0556. The van der Waals surface area contributed by atoms with Crippen LogP contribution < -0.4 is 10.2 Å². The summed E-state index contributed by atoms with van der Waals surface area (Å²) in [7, 11) is 0. The van der Waals surface area contributed by atoms with Gasteiger partial charge >= 0.3 is 54.2 Å². The molecule has 0 saturated carbocycles. The van der Waals surface area contributed by atoms with Gasteiger partial charge in [0.25, 0.3) is 0 Å². The summed E-state index contributed by atoms with van der Waals surface area (Å²) in [5.41, 5.74) is 0. The monoisotopic (exact) mass is 258 g/mol. The third-order valence-corrected chi connectivity index (χ3v) is 2.13. The second kappa shape index (κ2) is 21.7. The van der Waals surface area contributed by atoms with Gasteiger partial charge in [-0.05, 0) is 0 Å². The van der Waals surface area contributed by atoms with E-state index >= 15 is 0 Å². The van der Waals surface area contributed by atoms with Gasteiger partial charge in [0, 0.05) is 0 Å². The Balaban J connectivity index is -0.000000177. The molecule has 0 aromatic heterocycles. The van der Waals surface area contributed by atoms with E-state index in [1.54, 1.807) is 0 Å². The summed E-state index contributed by atoms with van der Waals surface area (Å²) >= 11 is 2.75. The van der Waals surface area contributed by atoms with Crippen LogP contribution in [-0.4, -0.2) is 29.5 Å². The number of hydrogen-bond acceptors (Lipinski definition) is 2. The van der Waals surface area contributed by atoms with Crippen LogP contribution >= 0.6 is 0 Å². The van der Waals surface area contributed by atoms with Crippen LogP contribution in [0.1, 0.15) is 60.3 Å². The van der Waals surface area contributed by atoms with E-state index in [0.717, 1.165) is 0 Å². The maximum absolute atomic E-state index is 9.63. The molecule has 3 heteroatoms. The average Bonchev–Trinajstić information content (AvgIpc) is 2.31. The first-order valence-electron chi connectivity index (χ1n) is 6.82. The number of hydrogen-bond donors (Lipinski definition) is 0. The van der Waals surface area contributed by atoms with E-state index < -0.39 is 0 Å². The molecule has 0 N–H and O–H groups in total. The maximum atomic E-state index is 9.63. The fourth-order valence-electron chi connectivity index (χ4n) is 0.571. The fraction of sp³-hybridized carbons (Fsp3) is 1.00. The molecule has 0 unspecified atom stereocenters. The van der Waals surface area contributed by atoms with E-state index in [4.69, 9.17) is 0 Å². The van der Waals surface area contributed by atoms with E-state index in [1.165, 1.54) is 31.0 Å². The van der Waals surface area contributed by atoms with E-state index in [0.29, 0.717) is 11.8 Å². The molecule has 0 atom stereocenters. The molecule has 0 spiro atoms. The molecular weight excluding hydrogens is 227 g/mol. The van der Waals surface area contributed by atoms with Crippen molar-refractivity contribution in [1.29, 1.82) is 0 Å². The summed E-state index contributed by atoms with van der Waals surface area (Å²) in [6.45, 7) is 9.99. The predicted molar refractivity (Wildman–Crippen MR) is 74.1 cm³/mol. The van der Waals surface area contributed by atoms with Crippen molar-refractivity contribution in [3.63, 3.8) is 0 Å².